The highest BCUT2D eigenvalue weighted by Crippen LogP contribution is 2.16. The van der Waals surface area contributed by atoms with Crippen molar-refractivity contribution in [3.63, 3.8) is 0 Å². The average molecular weight is 236 g/mol. The van der Waals surface area contributed by atoms with Gasteiger partial charge in [0.2, 0.25) is 0 Å². The van der Waals surface area contributed by atoms with Crippen molar-refractivity contribution in [2.75, 3.05) is 31.6 Å². The van der Waals surface area contributed by atoms with Gasteiger partial charge in [0.05, 0.1) is 0 Å². The van der Waals surface area contributed by atoms with Gasteiger partial charge in [0, 0.05) is 31.7 Å². The highest BCUT2D eigenvalue weighted by Gasteiger charge is 2.23. The van der Waals surface area contributed by atoms with Gasteiger partial charge in [-0.25, -0.2) is 4.98 Å². The normalized spacial score (nSPS) is 21.8. The fourth-order valence-corrected chi connectivity index (χ4v) is 2.32. The Kier molecular flexibility index (Phi) is 3.47. The molecule has 1 unspecified atom stereocenters. The molecule has 0 saturated carbocycles. The van der Waals surface area contributed by atoms with E-state index in [1.807, 2.05) is 6.92 Å². The molecule has 1 fully saturated rings. The second-order valence-electron chi connectivity index (χ2n) is 4.68. The number of likely N-dealkylation sites (N-methyl/N-ethyl adjacent to an activating group) is 1. The number of piperazine rings is 1. The van der Waals surface area contributed by atoms with Crippen molar-refractivity contribution in [2.45, 2.75) is 26.3 Å². The minimum atomic E-state index is -0.0699. The summed E-state index contributed by atoms with van der Waals surface area (Å²) in [7, 11) is 2.15. The first-order chi connectivity index (χ1) is 8.10. The summed E-state index contributed by atoms with van der Waals surface area (Å²) in [6, 6.07) is 2.13. The zero-order chi connectivity index (χ0) is 12.4. The molecule has 0 radical (unpaired) electrons. The van der Waals surface area contributed by atoms with Crippen molar-refractivity contribution in [3.8, 4) is 0 Å². The van der Waals surface area contributed by atoms with Crippen LogP contribution in [0.3, 0.4) is 0 Å². The van der Waals surface area contributed by atoms with E-state index >= 15 is 0 Å². The summed E-state index contributed by atoms with van der Waals surface area (Å²) in [4.78, 5) is 23.1. The number of hydrogen-bond donors (Lipinski definition) is 1. The van der Waals surface area contributed by atoms with Crippen LogP contribution < -0.4 is 10.5 Å². The molecule has 94 valence electrons. The summed E-state index contributed by atoms with van der Waals surface area (Å²) < 4.78 is 0. The van der Waals surface area contributed by atoms with Crippen molar-refractivity contribution in [3.05, 3.63) is 22.2 Å². The molecule has 1 aliphatic rings. The van der Waals surface area contributed by atoms with Crippen molar-refractivity contribution in [2.24, 2.45) is 0 Å². The lowest BCUT2D eigenvalue weighted by atomic mass is 10.1. The molecule has 1 atom stereocenters. The van der Waals surface area contributed by atoms with Gasteiger partial charge in [-0.15, -0.1) is 0 Å². The van der Waals surface area contributed by atoms with E-state index in [0.29, 0.717) is 11.9 Å². The number of aromatic amines is 1. The fourth-order valence-electron chi connectivity index (χ4n) is 2.32. The number of aryl methyl sites for hydroxylation is 1. The van der Waals surface area contributed by atoms with Gasteiger partial charge < -0.3 is 9.88 Å². The molecule has 0 amide bonds. The van der Waals surface area contributed by atoms with Crippen molar-refractivity contribution in [1.82, 2.24) is 14.9 Å². The lowest BCUT2D eigenvalue weighted by molar-refractivity contribution is 0.213. The monoisotopic (exact) mass is 236 g/mol. The molecule has 0 aliphatic carbocycles. The average Bonchev–Trinajstić information content (AvgIpc) is 2.28. The van der Waals surface area contributed by atoms with E-state index in [-0.39, 0.29) is 5.56 Å². The highest BCUT2D eigenvalue weighted by molar-refractivity contribution is 5.38. The number of nitrogens with zero attached hydrogens (tertiary/aromatic N) is 3. The van der Waals surface area contributed by atoms with Gasteiger partial charge in [0.1, 0.15) is 11.6 Å². The SMILES string of the molecule is CCC1CN(c2cc(=O)[nH]c(C)n2)CCN1C. The molecular weight excluding hydrogens is 216 g/mol. The first kappa shape index (κ1) is 12.1. The molecule has 1 aromatic rings. The maximum absolute atomic E-state index is 11.4. The third-order valence-electron chi connectivity index (χ3n) is 3.42. The summed E-state index contributed by atoms with van der Waals surface area (Å²) >= 11 is 0. The molecule has 1 saturated heterocycles. The van der Waals surface area contributed by atoms with Gasteiger partial charge in [0.25, 0.3) is 5.56 Å². The first-order valence-electron chi connectivity index (χ1n) is 6.13. The summed E-state index contributed by atoms with van der Waals surface area (Å²) in [6.45, 7) is 6.91. The highest BCUT2D eigenvalue weighted by atomic mass is 16.1. The van der Waals surface area contributed by atoms with E-state index in [4.69, 9.17) is 0 Å². The van der Waals surface area contributed by atoms with Crippen LogP contribution in [0.15, 0.2) is 10.9 Å². The largest absolute Gasteiger partial charge is 0.354 e. The number of aromatic nitrogens is 2. The van der Waals surface area contributed by atoms with Crippen LogP contribution >= 0.6 is 0 Å². The predicted molar refractivity (Wildman–Crippen MR) is 68.5 cm³/mol. The van der Waals surface area contributed by atoms with Crippen LogP contribution in [0.1, 0.15) is 19.2 Å². The number of nitrogens with one attached hydrogen (secondary N) is 1. The summed E-state index contributed by atoms with van der Waals surface area (Å²) in [5.41, 5.74) is -0.0699. The third kappa shape index (κ3) is 2.66. The lowest BCUT2D eigenvalue weighted by Gasteiger charge is -2.39. The van der Waals surface area contributed by atoms with Crippen LogP contribution in [-0.4, -0.2) is 47.6 Å². The molecule has 5 nitrogen and oxygen atoms in total. The van der Waals surface area contributed by atoms with Crippen molar-refractivity contribution < 1.29 is 0 Å². The standard InChI is InChI=1S/C12H20N4O/c1-4-10-8-16(6-5-15(10)3)11-7-12(17)14-9(2)13-11/h7,10H,4-6,8H2,1-3H3,(H,13,14,17). The Morgan fingerprint density at radius 1 is 1.53 bits per heavy atom. The fraction of sp³-hybridized carbons (Fsp3) is 0.667. The van der Waals surface area contributed by atoms with Gasteiger partial charge in [0.15, 0.2) is 0 Å². The van der Waals surface area contributed by atoms with E-state index in [0.717, 1.165) is 31.9 Å². The Hall–Kier alpha value is -1.36. The van der Waals surface area contributed by atoms with Gasteiger partial charge in [-0.2, -0.15) is 0 Å². The van der Waals surface area contributed by atoms with E-state index in [1.165, 1.54) is 0 Å². The molecule has 5 heteroatoms. The molecule has 1 aromatic heterocycles. The van der Waals surface area contributed by atoms with Gasteiger partial charge in [-0.3, -0.25) is 9.69 Å². The summed E-state index contributed by atoms with van der Waals surface area (Å²) in [5.74, 6) is 1.48. The molecule has 2 rings (SSSR count). The zero-order valence-corrected chi connectivity index (χ0v) is 10.7. The van der Waals surface area contributed by atoms with Crippen LogP contribution in [0.2, 0.25) is 0 Å². The molecule has 0 spiro atoms. The summed E-state index contributed by atoms with van der Waals surface area (Å²) in [6.07, 6.45) is 1.12. The molecular formula is C12H20N4O. The van der Waals surface area contributed by atoms with E-state index < -0.39 is 0 Å². The number of anilines is 1. The Balaban J connectivity index is 2.20. The molecule has 17 heavy (non-hydrogen) atoms. The van der Waals surface area contributed by atoms with Crippen LogP contribution in [0, 0.1) is 6.92 Å². The Morgan fingerprint density at radius 2 is 2.29 bits per heavy atom. The van der Waals surface area contributed by atoms with Crippen LogP contribution in [-0.2, 0) is 0 Å². The molecule has 1 aliphatic heterocycles. The van der Waals surface area contributed by atoms with Crippen LogP contribution in [0.5, 0.6) is 0 Å². The second kappa shape index (κ2) is 4.87. The number of H-pyrrole nitrogens is 1. The second-order valence-corrected chi connectivity index (χ2v) is 4.68. The van der Waals surface area contributed by atoms with E-state index in [1.54, 1.807) is 6.07 Å². The summed E-state index contributed by atoms with van der Waals surface area (Å²) in [5, 5.41) is 0. The smallest absolute Gasteiger partial charge is 0.252 e. The quantitative estimate of drug-likeness (QED) is 0.817. The lowest BCUT2D eigenvalue weighted by Crippen LogP contribution is -2.51. The topological polar surface area (TPSA) is 52.2 Å². The van der Waals surface area contributed by atoms with Crippen LogP contribution in [0.25, 0.3) is 0 Å². The molecule has 2 heterocycles. The minimum Gasteiger partial charge on any atom is -0.354 e. The van der Waals surface area contributed by atoms with E-state index in [9.17, 15) is 4.79 Å². The molecule has 0 aromatic carbocycles. The molecule has 0 bridgehead atoms. The first-order valence-corrected chi connectivity index (χ1v) is 6.13. The van der Waals surface area contributed by atoms with Crippen molar-refractivity contribution >= 4 is 5.82 Å². The van der Waals surface area contributed by atoms with Crippen LogP contribution in [0.4, 0.5) is 5.82 Å². The third-order valence-corrected chi connectivity index (χ3v) is 3.42. The molecule has 1 N–H and O–H groups in total. The number of rotatable bonds is 2. The Bertz CT molecular complexity index is 442. The number of hydrogen-bond acceptors (Lipinski definition) is 4. The van der Waals surface area contributed by atoms with Gasteiger partial charge in [-0.05, 0) is 20.4 Å². The Labute approximate surface area is 101 Å². The maximum atomic E-state index is 11.4. The van der Waals surface area contributed by atoms with Gasteiger partial charge in [-0.1, -0.05) is 6.92 Å². The maximum Gasteiger partial charge on any atom is 0.252 e. The minimum absolute atomic E-state index is 0.0699. The van der Waals surface area contributed by atoms with Gasteiger partial charge >= 0.3 is 0 Å². The predicted octanol–water partition coefficient (Wildman–Crippen LogP) is 0.609. The zero-order valence-electron chi connectivity index (χ0n) is 10.7. The van der Waals surface area contributed by atoms with E-state index in [2.05, 4.69) is 33.7 Å². The Morgan fingerprint density at radius 3 is 2.94 bits per heavy atom. The van der Waals surface area contributed by atoms with Crippen molar-refractivity contribution in [1.29, 1.82) is 0 Å².